The van der Waals surface area contributed by atoms with Crippen molar-refractivity contribution >= 4 is 33.9 Å². The van der Waals surface area contributed by atoms with Crippen LogP contribution in [0.15, 0.2) is 0 Å². The molecule has 0 bridgehead atoms. The summed E-state index contributed by atoms with van der Waals surface area (Å²) in [7, 11) is 0. The van der Waals surface area contributed by atoms with Crippen LogP contribution in [-0.2, 0) is 14.3 Å². The molecule has 0 aromatic carbocycles. The third kappa shape index (κ3) is 1.55. The van der Waals surface area contributed by atoms with E-state index in [0.717, 1.165) is 0 Å². The molecule has 1 aliphatic heterocycles. The normalized spacial score (nSPS) is 24.6. The summed E-state index contributed by atoms with van der Waals surface area (Å²) in [6.07, 6.45) is -2.20. The number of alkyl halides is 1. The maximum absolute atomic E-state index is 10.8. The van der Waals surface area contributed by atoms with Crippen LogP contribution in [0.25, 0.3) is 0 Å². The molecule has 2 amide bonds. The second kappa shape index (κ2) is 3.10. The molecule has 0 radical (unpaired) electrons. The standard InChI is InChI=1S/C5H4BrNO5/c6-1(4(9)10)2-3(8)7-5(11)12-2/h1-2H,(H,9,10)(H,7,8,11). The Morgan fingerprint density at radius 1 is 1.67 bits per heavy atom. The van der Waals surface area contributed by atoms with Crippen LogP contribution < -0.4 is 5.32 Å². The predicted octanol–water partition coefficient (Wildman–Crippen LogP) is -0.530. The monoisotopic (exact) mass is 237 g/mol. The Bertz CT molecular complexity index is 252. The molecule has 12 heavy (non-hydrogen) atoms. The van der Waals surface area contributed by atoms with Crippen LogP contribution >= 0.6 is 15.9 Å². The van der Waals surface area contributed by atoms with E-state index in [9.17, 15) is 14.4 Å². The summed E-state index contributed by atoms with van der Waals surface area (Å²) in [4.78, 5) is 30.3. The summed E-state index contributed by atoms with van der Waals surface area (Å²) in [5, 5.41) is 10.2. The van der Waals surface area contributed by atoms with Crippen molar-refractivity contribution in [3.05, 3.63) is 0 Å². The number of carboxylic acids is 1. The summed E-state index contributed by atoms with van der Waals surface area (Å²) in [6.45, 7) is 0. The average molecular weight is 238 g/mol. The van der Waals surface area contributed by atoms with E-state index in [1.165, 1.54) is 0 Å². The minimum absolute atomic E-state index is 0.746. The van der Waals surface area contributed by atoms with Crippen LogP contribution in [0.5, 0.6) is 0 Å². The van der Waals surface area contributed by atoms with E-state index in [4.69, 9.17) is 5.11 Å². The van der Waals surface area contributed by atoms with E-state index in [-0.39, 0.29) is 0 Å². The van der Waals surface area contributed by atoms with Crippen molar-refractivity contribution < 1.29 is 24.2 Å². The van der Waals surface area contributed by atoms with E-state index >= 15 is 0 Å². The first kappa shape index (κ1) is 8.98. The molecule has 0 aliphatic carbocycles. The molecule has 66 valence electrons. The van der Waals surface area contributed by atoms with Crippen LogP contribution in [0.4, 0.5) is 4.79 Å². The highest BCUT2D eigenvalue weighted by Crippen LogP contribution is 2.14. The van der Waals surface area contributed by atoms with E-state index in [1.54, 1.807) is 0 Å². The summed E-state index contributed by atoms with van der Waals surface area (Å²) in [5.41, 5.74) is 0. The number of imide groups is 1. The topological polar surface area (TPSA) is 92.7 Å². The van der Waals surface area contributed by atoms with Gasteiger partial charge in [-0.1, -0.05) is 15.9 Å². The summed E-state index contributed by atoms with van der Waals surface area (Å²) in [6, 6.07) is 0. The largest absolute Gasteiger partial charge is 0.480 e. The fourth-order valence-electron chi connectivity index (χ4n) is 0.692. The van der Waals surface area contributed by atoms with Gasteiger partial charge in [-0.05, 0) is 0 Å². The minimum Gasteiger partial charge on any atom is -0.480 e. The van der Waals surface area contributed by atoms with E-state index in [1.807, 2.05) is 5.32 Å². The lowest BCUT2D eigenvalue weighted by Gasteiger charge is -2.07. The fourth-order valence-corrected chi connectivity index (χ4v) is 1.04. The zero-order valence-corrected chi connectivity index (χ0v) is 7.20. The molecule has 0 aromatic heterocycles. The molecular weight excluding hydrogens is 234 g/mol. The highest BCUT2D eigenvalue weighted by molar-refractivity contribution is 9.10. The summed E-state index contributed by atoms with van der Waals surface area (Å²) >= 11 is 2.70. The Morgan fingerprint density at radius 2 is 2.25 bits per heavy atom. The number of alkyl carbamates (subject to hydrolysis) is 1. The summed E-state index contributed by atoms with van der Waals surface area (Å²) < 4.78 is 4.37. The van der Waals surface area contributed by atoms with Gasteiger partial charge in [0, 0.05) is 0 Å². The van der Waals surface area contributed by atoms with Crippen LogP contribution in [-0.4, -0.2) is 34.0 Å². The van der Waals surface area contributed by atoms with Crippen molar-refractivity contribution in [1.82, 2.24) is 5.32 Å². The van der Waals surface area contributed by atoms with Crippen molar-refractivity contribution in [1.29, 1.82) is 0 Å². The van der Waals surface area contributed by atoms with E-state index < -0.39 is 28.9 Å². The number of nitrogens with one attached hydrogen (secondary N) is 1. The first-order valence-corrected chi connectivity index (χ1v) is 3.82. The van der Waals surface area contributed by atoms with Gasteiger partial charge in [0.15, 0.2) is 4.83 Å². The third-order valence-electron chi connectivity index (χ3n) is 1.22. The second-order valence-corrected chi connectivity index (χ2v) is 3.04. The molecule has 2 N–H and O–H groups in total. The van der Waals surface area contributed by atoms with Crippen molar-refractivity contribution in [3.63, 3.8) is 0 Å². The Balaban J connectivity index is 2.70. The smallest absolute Gasteiger partial charge is 0.414 e. The van der Waals surface area contributed by atoms with Gasteiger partial charge < -0.3 is 9.84 Å². The molecule has 6 nitrogen and oxygen atoms in total. The lowest BCUT2D eigenvalue weighted by molar-refractivity contribution is -0.140. The van der Waals surface area contributed by atoms with Gasteiger partial charge in [0.1, 0.15) is 0 Å². The zero-order valence-electron chi connectivity index (χ0n) is 5.61. The molecule has 2 unspecified atom stereocenters. The van der Waals surface area contributed by atoms with Gasteiger partial charge in [-0.15, -0.1) is 0 Å². The average Bonchev–Trinajstić information content (AvgIpc) is 2.28. The Kier molecular flexibility index (Phi) is 2.32. The maximum Gasteiger partial charge on any atom is 0.414 e. The second-order valence-electron chi connectivity index (χ2n) is 2.06. The molecule has 2 atom stereocenters. The Hall–Kier alpha value is -1.11. The quantitative estimate of drug-likeness (QED) is 0.630. The van der Waals surface area contributed by atoms with E-state index in [2.05, 4.69) is 20.7 Å². The van der Waals surface area contributed by atoms with Crippen molar-refractivity contribution in [2.45, 2.75) is 10.9 Å². The predicted molar refractivity (Wildman–Crippen MR) is 38.8 cm³/mol. The minimum atomic E-state index is -1.28. The molecule has 7 heteroatoms. The molecule has 1 rings (SSSR count). The van der Waals surface area contributed by atoms with Crippen molar-refractivity contribution in [3.8, 4) is 0 Å². The molecule has 0 spiro atoms. The number of carbonyl (C=O) groups is 3. The molecule has 1 aliphatic rings. The zero-order chi connectivity index (χ0) is 9.30. The van der Waals surface area contributed by atoms with Crippen molar-refractivity contribution in [2.24, 2.45) is 0 Å². The number of ether oxygens (including phenoxy) is 1. The first-order chi connectivity index (χ1) is 5.52. The lowest BCUT2D eigenvalue weighted by Crippen LogP contribution is -2.35. The highest BCUT2D eigenvalue weighted by atomic mass is 79.9. The number of carbonyl (C=O) groups excluding carboxylic acids is 2. The van der Waals surface area contributed by atoms with Gasteiger partial charge in [0.05, 0.1) is 0 Å². The van der Waals surface area contributed by atoms with Gasteiger partial charge in [0.2, 0.25) is 6.10 Å². The molecule has 0 saturated carbocycles. The Morgan fingerprint density at radius 3 is 2.58 bits per heavy atom. The van der Waals surface area contributed by atoms with Crippen LogP contribution in [0, 0.1) is 0 Å². The maximum atomic E-state index is 10.8. The number of hydrogen-bond acceptors (Lipinski definition) is 4. The molecule has 1 saturated heterocycles. The van der Waals surface area contributed by atoms with E-state index in [0.29, 0.717) is 0 Å². The molecule has 1 heterocycles. The number of halogens is 1. The SMILES string of the molecule is O=C1NC(=O)C(C(Br)C(=O)O)O1. The number of aliphatic carboxylic acids is 1. The highest BCUT2D eigenvalue weighted by Gasteiger charge is 2.41. The number of hydrogen-bond donors (Lipinski definition) is 2. The van der Waals surface area contributed by atoms with Crippen LogP contribution in [0.2, 0.25) is 0 Å². The van der Waals surface area contributed by atoms with Crippen LogP contribution in [0.1, 0.15) is 0 Å². The number of carboxylic acid groups (broad SMARTS) is 1. The fraction of sp³-hybridized carbons (Fsp3) is 0.400. The number of cyclic esters (lactones) is 1. The van der Waals surface area contributed by atoms with Gasteiger partial charge in [-0.2, -0.15) is 0 Å². The van der Waals surface area contributed by atoms with Gasteiger partial charge in [0.25, 0.3) is 5.91 Å². The number of amides is 2. The first-order valence-electron chi connectivity index (χ1n) is 2.90. The Labute approximate surface area is 75.0 Å². The summed E-state index contributed by atoms with van der Waals surface area (Å²) in [5.74, 6) is -2.01. The third-order valence-corrected chi connectivity index (χ3v) is 2.09. The van der Waals surface area contributed by atoms with Crippen molar-refractivity contribution in [2.75, 3.05) is 0 Å². The van der Waals surface area contributed by atoms with Gasteiger partial charge in [-0.3, -0.25) is 14.9 Å². The molecular formula is C5H4BrNO5. The lowest BCUT2D eigenvalue weighted by atomic mass is 10.2. The molecule has 1 fully saturated rings. The van der Waals surface area contributed by atoms with Gasteiger partial charge in [-0.25, -0.2) is 4.79 Å². The number of rotatable bonds is 2. The molecule has 0 aromatic rings. The van der Waals surface area contributed by atoms with Gasteiger partial charge >= 0.3 is 12.1 Å². The van der Waals surface area contributed by atoms with Crippen LogP contribution in [0.3, 0.4) is 0 Å².